The molecule has 118 valence electrons. The molecule has 0 saturated heterocycles. The van der Waals surface area contributed by atoms with Crippen LogP contribution in [-0.4, -0.2) is 0 Å². The summed E-state index contributed by atoms with van der Waals surface area (Å²) in [6.07, 6.45) is 1.06. The third kappa shape index (κ3) is 4.32. The summed E-state index contributed by atoms with van der Waals surface area (Å²) in [4.78, 5) is 0. The van der Waals surface area contributed by atoms with Crippen molar-refractivity contribution >= 4 is 21.5 Å². The van der Waals surface area contributed by atoms with Crippen LogP contribution in [0, 0.1) is 6.92 Å². The quantitative estimate of drug-likeness (QED) is 0.453. The molecule has 0 bridgehead atoms. The molecule has 3 rings (SSSR count). The van der Waals surface area contributed by atoms with E-state index in [1.165, 1.54) is 32.7 Å². The minimum atomic E-state index is 1.06. The van der Waals surface area contributed by atoms with Gasteiger partial charge in [-0.25, -0.2) is 0 Å². The average Bonchev–Trinajstić information content (AvgIpc) is 2.55. The van der Waals surface area contributed by atoms with Crippen LogP contribution in [0.2, 0.25) is 0 Å². The standard InChI is InChI=1S/C21H20.C2H6/c1-3-17-7-5-9-19-14-20-12-10-16(2)6-4-8-18(20)15-21(19)13-11-17;1-2/h4-15H,3H2,1-2H3;1-2H3. The molecular formula is C23H26. The Bertz CT molecular complexity index is 842. The van der Waals surface area contributed by atoms with Gasteiger partial charge in [-0.3, -0.25) is 0 Å². The van der Waals surface area contributed by atoms with Gasteiger partial charge in [-0.1, -0.05) is 87.0 Å². The Balaban J connectivity index is 0.000000924. The van der Waals surface area contributed by atoms with Crippen molar-refractivity contribution < 1.29 is 0 Å². The van der Waals surface area contributed by atoms with Crippen molar-refractivity contribution in [2.45, 2.75) is 34.1 Å². The highest BCUT2D eigenvalue weighted by Gasteiger charge is 1.95. The Morgan fingerprint density at radius 1 is 0.609 bits per heavy atom. The van der Waals surface area contributed by atoms with Gasteiger partial charge in [0, 0.05) is 0 Å². The van der Waals surface area contributed by atoms with Gasteiger partial charge in [0.15, 0.2) is 0 Å². The van der Waals surface area contributed by atoms with E-state index in [1.807, 2.05) is 13.8 Å². The molecule has 0 radical (unpaired) electrons. The summed E-state index contributed by atoms with van der Waals surface area (Å²) in [6, 6.07) is 26.4. The molecule has 0 aliphatic carbocycles. The first-order valence-corrected chi connectivity index (χ1v) is 8.52. The lowest BCUT2D eigenvalue weighted by Crippen LogP contribution is -1.77. The number of rotatable bonds is 1. The zero-order valence-corrected chi connectivity index (χ0v) is 14.6. The minimum absolute atomic E-state index is 1.06. The highest BCUT2D eigenvalue weighted by atomic mass is 14.0. The zero-order valence-electron chi connectivity index (χ0n) is 14.6. The lowest BCUT2D eigenvalue weighted by atomic mass is 10.0. The average molecular weight is 302 g/mol. The Morgan fingerprint density at radius 3 is 1.74 bits per heavy atom. The largest absolute Gasteiger partial charge is 0.0683 e. The van der Waals surface area contributed by atoms with Gasteiger partial charge in [-0.05, 0) is 52.6 Å². The van der Waals surface area contributed by atoms with Gasteiger partial charge < -0.3 is 0 Å². The normalized spacial score (nSPS) is 9.91. The van der Waals surface area contributed by atoms with Gasteiger partial charge in [0.2, 0.25) is 0 Å². The summed E-state index contributed by atoms with van der Waals surface area (Å²) in [5, 5.41) is 5.10. The van der Waals surface area contributed by atoms with Crippen molar-refractivity contribution in [3.8, 4) is 0 Å². The topological polar surface area (TPSA) is 0 Å². The summed E-state index contributed by atoms with van der Waals surface area (Å²) in [5.41, 5.74) is 2.63. The molecule has 0 aliphatic heterocycles. The van der Waals surface area contributed by atoms with Crippen LogP contribution in [-0.2, 0) is 6.42 Å². The van der Waals surface area contributed by atoms with Gasteiger partial charge in [0.25, 0.3) is 0 Å². The fraction of sp³-hybridized carbons (Fsp3) is 0.217. The summed E-state index contributed by atoms with van der Waals surface area (Å²) < 4.78 is 0. The second-order valence-electron chi connectivity index (χ2n) is 5.50. The second kappa shape index (κ2) is 8.33. The van der Waals surface area contributed by atoms with Crippen LogP contribution in [0.15, 0.2) is 72.8 Å². The summed E-state index contributed by atoms with van der Waals surface area (Å²) >= 11 is 0. The molecule has 0 atom stereocenters. The SMILES string of the molecule is CC.CCc1cccc2cc3ccc(C)cccc3cc2cc1. The van der Waals surface area contributed by atoms with E-state index in [1.54, 1.807) is 0 Å². The molecule has 0 fully saturated rings. The van der Waals surface area contributed by atoms with Gasteiger partial charge in [-0.15, -0.1) is 0 Å². The van der Waals surface area contributed by atoms with Crippen LogP contribution in [0.25, 0.3) is 21.5 Å². The molecule has 0 heteroatoms. The maximum absolute atomic E-state index is 2.28. The van der Waals surface area contributed by atoms with Crippen LogP contribution in [0.1, 0.15) is 31.9 Å². The fourth-order valence-corrected chi connectivity index (χ4v) is 2.59. The predicted octanol–water partition coefficient (Wildman–Crippen LogP) is 7.01. The van der Waals surface area contributed by atoms with Gasteiger partial charge in [-0.2, -0.15) is 0 Å². The van der Waals surface area contributed by atoms with E-state index in [-0.39, 0.29) is 0 Å². The van der Waals surface area contributed by atoms with E-state index in [9.17, 15) is 0 Å². The molecule has 0 nitrogen and oxygen atoms in total. The third-order valence-electron chi connectivity index (χ3n) is 3.92. The fourth-order valence-electron chi connectivity index (χ4n) is 2.59. The Labute approximate surface area is 140 Å². The number of hydrogen-bond donors (Lipinski definition) is 0. The van der Waals surface area contributed by atoms with Crippen LogP contribution in [0.4, 0.5) is 0 Å². The van der Waals surface area contributed by atoms with Crippen LogP contribution >= 0.6 is 0 Å². The third-order valence-corrected chi connectivity index (χ3v) is 3.92. The number of aryl methyl sites for hydroxylation is 2. The van der Waals surface area contributed by atoms with E-state index in [4.69, 9.17) is 0 Å². The minimum Gasteiger partial charge on any atom is -0.0683 e. The molecule has 3 aromatic rings. The highest BCUT2D eigenvalue weighted by Crippen LogP contribution is 2.21. The first-order chi connectivity index (χ1) is 11.3. The number of fused-ring (bicyclic) bond motifs is 2. The van der Waals surface area contributed by atoms with E-state index in [2.05, 4.69) is 86.6 Å². The van der Waals surface area contributed by atoms with E-state index in [0.29, 0.717) is 0 Å². The van der Waals surface area contributed by atoms with Crippen LogP contribution in [0.5, 0.6) is 0 Å². The zero-order chi connectivity index (χ0) is 16.7. The lowest BCUT2D eigenvalue weighted by Gasteiger charge is -2.01. The molecule has 0 saturated carbocycles. The molecule has 3 aromatic carbocycles. The predicted molar refractivity (Wildman–Crippen MR) is 105 cm³/mol. The van der Waals surface area contributed by atoms with Crippen LogP contribution in [0.3, 0.4) is 0 Å². The molecule has 23 heavy (non-hydrogen) atoms. The Hall–Kier alpha value is -2.34. The number of benzene rings is 1. The van der Waals surface area contributed by atoms with Crippen molar-refractivity contribution in [2.75, 3.05) is 0 Å². The van der Waals surface area contributed by atoms with Crippen LogP contribution < -0.4 is 0 Å². The highest BCUT2D eigenvalue weighted by molar-refractivity contribution is 5.97. The summed E-state index contributed by atoms with van der Waals surface area (Å²) in [5.74, 6) is 0. The molecule has 0 amide bonds. The van der Waals surface area contributed by atoms with E-state index in [0.717, 1.165) is 6.42 Å². The smallest absolute Gasteiger partial charge is 0.0178 e. The Morgan fingerprint density at radius 2 is 1.13 bits per heavy atom. The van der Waals surface area contributed by atoms with Gasteiger partial charge in [0.1, 0.15) is 0 Å². The van der Waals surface area contributed by atoms with E-state index < -0.39 is 0 Å². The molecule has 0 N–H and O–H groups in total. The number of hydrogen-bond acceptors (Lipinski definition) is 0. The second-order valence-corrected chi connectivity index (χ2v) is 5.50. The maximum Gasteiger partial charge on any atom is -0.0178 e. The summed E-state index contributed by atoms with van der Waals surface area (Å²) in [6.45, 7) is 8.31. The first-order valence-electron chi connectivity index (χ1n) is 8.52. The van der Waals surface area contributed by atoms with Crippen molar-refractivity contribution in [2.24, 2.45) is 0 Å². The van der Waals surface area contributed by atoms with Gasteiger partial charge >= 0.3 is 0 Å². The van der Waals surface area contributed by atoms with Gasteiger partial charge in [0.05, 0.1) is 0 Å². The van der Waals surface area contributed by atoms with Crippen molar-refractivity contribution in [3.05, 3.63) is 83.9 Å². The first kappa shape index (κ1) is 17.0. The molecule has 0 aliphatic rings. The molecule has 0 spiro atoms. The molecule has 0 heterocycles. The van der Waals surface area contributed by atoms with Crippen molar-refractivity contribution in [1.29, 1.82) is 0 Å². The van der Waals surface area contributed by atoms with Crippen molar-refractivity contribution in [3.63, 3.8) is 0 Å². The van der Waals surface area contributed by atoms with Crippen molar-refractivity contribution in [1.82, 2.24) is 0 Å². The molecule has 0 aromatic heterocycles. The maximum atomic E-state index is 2.28. The molecule has 0 unspecified atom stereocenters. The summed E-state index contributed by atoms with van der Waals surface area (Å²) in [7, 11) is 0. The van der Waals surface area contributed by atoms with E-state index >= 15 is 0 Å². The Kier molecular flexibility index (Phi) is 6.17. The lowest BCUT2D eigenvalue weighted by molar-refractivity contribution is 1.14. The molecular weight excluding hydrogens is 276 g/mol. The monoisotopic (exact) mass is 302 g/mol.